The lowest BCUT2D eigenvalue weighted by atomic mass is 10.2. The molecule has 0 spiro atoms. The average molecular weight is 319 g/mol. The molecule has 0 radical (unpaired) electrons. The Labute approximate surface area is 127 Å². The molecule has 0 aliphatic carbocycles. The Hall–Kier alpha value is -1.40. The number of nitrogens with zero attached hydrogens (tertiary/aromatic N) is 3. The fraction of sp³-hybridized carbons (Fsp3) is 0.500. The van der Waals surface area contributed by atoms with Gasteiger partial charge in [0.05, 0.1) is 5.56 Å². The molecule has 1 atom stereocenters. The molecule has 1 aromatic heterocycles. The number of hydrogen-bond acceptors (Lipinski definition) is 4. The van der Waals surface area contributed by atoms with Gasteiger partial charge in [-0.3, -0.25) is 9.59 Å². The number of halogens is 2. The topological polar surface area (TPSA) is 75.2 Å². The predicted molar refractivity (Wildman–Crippen MR) is 76.9 cm³/mol. The van der Waals surface area contributed by atoms with Crippen molar-refractivity contribution in [1.82, 2.24) is 20.4 Å². The summed E-state index contributed by atoms with van der Waals surface area (Å²) < 4.78 is 0. The zero-order valence-corrected chi connectivity index (χ0v) is 13.0. The number of carbonyl (C=O) groups excluding carboxylic acids is 2. The smallest absolute Gasteiger partial charge is 0.255 e. The fourth-order valence-corrected chi connectivity index (χ4v) is 1.98. The molecule has 0 aromatic carbocycles. The van der Waals surface area contributed by atoms with Gasteiger partial charge in [0.1, 0.15) is 6.04 Å². The summed E-state index contributed by atoms with van der Waals surface area (Å²) in [4.78, 5) is 25.7. The van der Waals surface area contributed by atoms with E-state index in [9.17, 15) is 9.59 Å². The highest BCUT2D eigenvalue weighted by atomic mass is 35.5. The molecule has 1 N–H and O–H groups in total. The summed E-state index contributed by atoms with van der Waals surface area (Å²) >= 11 is 11.5. The van der Waals surface area contributed by atoms with Crippen LogP contribution in [0.15, 0.2) is 6.07 Å². The van der Waals surface area contributed by atoms with Crippen molar-refractivity contribution in [1.29, 1.82) is 0 Å². The molecule has 0 fully saturated rings. The highest BCUT2D eigenvalue weighted by molar-refractivity contribution is 6.34. The highest BCUT2D eigenvalue weighted by Crippen LogP contribution is 2.15. The summed E-state index contributed by atoms with van der Waals surface area (Å²) in [6.07, 6.45) is 0. The Morgan fingerprint density at radius 3 is 2.45 bits per heavy atom. The fourth-order valence-electron chi connectivity index (χ4n) is 1.66. The molecule has 1 heterocycles. The second kappa shape index (κ2) is 7.40. The van der Waals surface area contributed by atoms with E-state index in [1.807, 2.05) is 13.8 Å². The molecule has 110 valence electrons. The predicted octanol–water partition coefficient (Wildman–Crippen LogP) is 1.77. The minimum absolute atomic E-state index is 0.0577. The van der Waals surface area contributed by atoms with Crippen LogP contribution in [0.2, 0.25) is 10.3 Å². The Kier molecular flexibility index (Phi) is 6.16. The third-order valence-electron chi connectivity index (χ3n) is 2.76. The van der Waals surface area contributed by atoms with Gasteiger partial charge in [-0.1, -0.05) is 23.2 Å². The van der Waals surface area contributed by atoms with Crippen LogP contribution in [0, 0.1) is 0 Å². The molecule has 2 amide bonds. The standard InChI is InChI=1S/C12H16Cl2N4O2/c1-4-18(5-2)12(20)7(3)15-11(19)8-6-9(13)16-17-10(8)14/h6-7H,4-5H2,1-3H3,(H,15,19). The van der Waals surface area contributed by atoms with E-state index in [0.29, 0.717) is 13.1 Å². The number of carbonyl (C=O) groups is 2. The largest absolute Gasteiger partial charge is 0.341 e. The van der Waals surface area contributed by atoms with Gasteiger partial charge in [0.2, 0.25) is 5.91 Å². The molecular weight excluding hydrogens is 303 g/mol. The van der Waals surface area contributed by atoms with Gasteiger partial charge in [0.15, 0.2) is 10.3 Å². The molecule has 8 heteroatoms. The van der Waals surface area contributed by atoms with E-state index in [4.69, 9.17) is 23.2 Å². The highest BCUT2D eigenvalue weighted by Gasteiger charge is 2.22. The Balaban J connectivity index is 2.80. The van der Waals surface area contributed by atoms with Crippen LogP contribution in [0.5, 0.6) is 0 Å². The van der Waals surface area contributed by atoms with E-state index < -0.39 is 11.9 Å². The van der Waals surface area contributed by atoms with Crippen LogP contribution >= 0.6 is 23.2 Å². The zero-order valence-electron chi connectivity index (χ0n) is 11.5. The molecule has 6 nitrogen and oxygen atoms in total. The van der Waals surface area contributed by atoms with Gasteiger partial charge in [0, 0.05) is 13.1 Å². The number of amides is 2. The van der Waals surface area contributed by atoms with Gasteiger partial charge in [-0.2, -0.15) is 0 Å². The van der Waals surface area contributed by atoms with Crippen molar-refractivity contribution in [2.45, 2.75) is 26.8 Å². The summed E-state index contributed by atoms with van der Waals surface area (Å²) in [6, 6.07) is 0.645. The van der Waals surface area contributed by atoms with Gasteiger partial charge >= 0.3 is 0 Å². The Morgan fingerprint density at radius 1 is 1.30 bits per heavy atom. The molecule has 0 aliphatic heterocycles. The maximum atomic E-state index is 12.0. The number of nitrogens with one attached hydrogen (secondary N) is 1. The van der Waals surface area contributed by atoms with E-state index in [0.717, 1.165) is 0 Å². The second-order valence-corrected chi connectivity index (χ2v) is 4.82. The van der Waals surface area contributed by atoms with E-state index in [1.165, 1.54) is 6.07 Å². The van der Waals surface area contributed by atoms with Crippen LogP contribution in [0.1, 0.15) is 31.1 Å². The minimum atomic E-state index is -0.662. The number of rotatable bonds is 5. The third kappa shape index (κ3) is 4.05. The van der Waals surface area contributed by atoms with Crippen LogP contribution < -0.4 is 5.32 Å². The first-order valence-corrected chi connectivity index (χ1v) is 6.94. The van der Waals surface area contributed by atoms with Crippen molar-refractivity contribution < 1.29 is 9.59 Å². The van der Waals surface area contributed by atoms with Gasteiger partial charge in [-0.15, -0.1) is 10.2 Å². The van der Waals surface area contributed by atoms with Crippen LogP contribution in [0.3, 0.4) is 0 Å². The molecule has 1 rings (SSSR count). The van der Waals surface area contributed by atoms with Crippen LogP contribution in [-0.2, 0) is 4.79 Å². The summed E-state index contributed by atoms with van der Waals surface area (Å²) in [5.74, 6) is -0.674. The van der Waals surface area contributed by atoms with E-state index in [-0.39, 0.29) is 21.8 Å². The maximum Gasteiger partial charge on any atom is 0.255 e. The van der Waals surface area contributed by atoms with Crippen LogP contribution in [0.25, 0.3) is 0 Å². The zero-order chi connectivity index (χ0) is 15.3. The summed E-state index contributed by atoms with van der Waals surface area (Å²) in [6.45, 7) is 6.53. The summed E-state index contributed by atoms with van der Waals surface area (Å²) in [7, 11) is 0. The molecule has 0 aliphatic rings. The summed E-state index contributed by atoms with van der Waals surface area (Å²) in [5, 5.41) is 9.63. The molecule has 20 heavy (non-hydrogen) atoms. The van der Waals surface area contributed by atoms with E-state index in [2.05, 4.69) is 15.5 Å². The van der Waals surface area contributed by atoms with Gasteiger partial charge in [-0.25, -0.2) is 0 Å². The molecule has 0 saturated heterocycles. The first-order chi connectivity index (χ1) is 9.40. The van der Waals surface area contributed by atoms with Crippen molar-refractivity contribution in [2.24, 2.45) is 0 Å². The Morgan fingerprint density at radius 2 is 1.90 bits per heavy atom. The molecule has 0 saturated carbocycles. The van der Waals surface area contributed by atoms with Crippen molar-refractivity contribution in [3.05, 3.63) is 21.9 Å². The van der Waals surface area contributed by atoms with Crippen LogP contribution in [0.4, 0.5) is 0 Å². The third-order valence-corrected chi connectivity index (χ3v) is 3.22. The van der Waals surface area contributed by atoms with Gasteiger partial charge in [-0.05, 0) is 26.8 Å². The van der Waals surface area contributed by atoms with Crippen LogP contribution in [-0.4, -0.2) is 46.0 Å². The molecular formula is C12H16Cl2N4O2. The lowest BCUT2D eigenvalue weighted by molar-refractivity contribution is -0.132. The average Bonchev–Trinajstić information content (AvgIpc) is 2.42. The van der Waals surface area contributed by atoms with Crippen molar-refractivity contribution in [3.63, 3.8) is 0 Å². The molecule has 0 bridgehead atoms. The monoisotopic (exact) mass is 318 g/mol. The Bertz CT molecular complexity index is 506. The van der Waals surface area contributed by atoms with Gasteiger partial charge in [0.25, 0.3) is 5.91 Å². The quantitative estimate of drug-likeness (QED) is 0.897. The SMILES string of the molecule is CCN(CC)C(=O)C(C)NC(=O)c1cc(Cl)nnc1Cl. The van der Waals surface area contributed by atoms with Gasteiger partial charge < -0.3 is 10.2 Å². The second-order valence-electron chi connectivity index (χ2n) is 4.08. The summed E-state index contributed by atoms with van der Waals surface area (Å²) in [5.41, 5.74) is 0.0888. The lowest BCUT2D eigenvalue weighted by Gasteiger charge is -2.23. The maximum absolute atomic E-state index is 12.0. The normalized spacial score (nSPS) is 11.8. The number of likely N-dealkylation sites (N-methyl/N-ethyl adjacent to an activating group) is 1. The van der Waals surface area contributed by atoms with E-state index in [1.54, 1.807) is 11.8 Å². The van der Waals surface area contributed by atoms with Crippen molar-refractivity contribution >= 4 is 35.0 Å². The molecule has 1 aromatic rings. The lowest BCUT2D eigenvalue weighted by Crippen LogP contribution is -2.46. The van der Waals surface area contributed by atoms with Crippen molar-refractivity contribution in [3.8, 4) is 0 Å². The van der Waals surface area contributed by atoms with E-state index >= 15 is 0 Å². The first-order valence-electron chi connectivity index (χ1n) is 6.19. The minimum Gasteiger partial charge on any atom is -0.341 e. The number of aromatic nitrogens is 2. The first kappa shape index (κ1) is 16.7. The van der Waals surface area contributed by atoms with Crippen molar-refractivity contribution in [2.75, 3.05) is 13.1 Å². The molecule has 1 unspecified atom stereocenters. The number of hydrogen-bond donors (Lipinski definition) is 1.